The van der Waals surface area contributed by atoms with Gasteiger partial charge in [-0.15, -0.1) is 0 Å². The fourth-order valence-electron chi connectivity index (χ4n) is 3.33. The Bertz CT molecular complexity index is 804. The lowest BCUT2D eigenvalue weighted by Crippen LogP contribution is -2.36. The number of allylic oxidation sites excluding steroid dienone is 1. The van der Waals surface area contributed by atoms with Gasteiger partial charge in [0.15, 0.2) is 0 Å². The van der Waals surface area contributed by atoms with E-state index < -0.39 is 0 Å². The molecule has 23 heavy (non-hydrogen) atoms. The van der Waals surface area contributed by atoms with Crippen LogP contribution in [0.3, 0.4) is 0 Å². The summed E-state index contributed by atoms with van der Waals surface area (Å²) in [7, 11) is 0. The number of hydrogen-bond acceptors (Lipinski definition) is 5. The molecular formula is C18H20N4O. The van der Waals surface area contributed by atoms with Crippen LogP contribution in [-0.4, -0.2) is 42.0 Å². The number of benzene rings is 1. The van der Waals surface area contributed by atoms with E-state index in [0.717, 1.165) is 54.6 Å². The van der Waals surface area contributed by atoms with Crippen LogP contribution in [0.15, 0.2) is 35.3 Å². The van der Waals surface area contributed by atoms with Crippen molar-refractivity contribution in [1.29, 1.82) is 0 Å². The van der Waals surface area contributed by atoms with Gasteiger partial charge in [-0.3, -0.25) is 4.99 Å². The molecule has 0 spiro atoms. The Labute approximate surface area is 135 Å². The molecular weight excluding hydrogens is 288 g/mol. The summed E-state index contributed by atoms with van der Waals surface area (Å²) in [4.78, 5) is 11.1. The molecule has 5 heteroatoms. The Hall–Kier alpha value is -2.40. The molecule has 118 valence electrons. The van der Waals surface area contributed by atoms with Crippen molar-refractivity contribution in [3.05, 3.63) is 35.9 Å². The summed E-state index contributed by atoms with van der Waals surface area (Å²) in [5.74, 6) is 0.535. The fourth-order valence-corrected chi connectivity index (χ4v) is 3.33. The monoisotopic (exact) mass is 308 g/mol. The van der Waals surface area contributed by atoms with Crippen LogP contribution >= 0.6 is 0 Å². The van der Waals surface area contributed by atoms with Crippen LogP contribution in [0, 0.1) is 0 Å². The molecule has 4 rings (SSSR count). The van der Waals surface area contributed by atoms with Crippen molar-refractivity contribution in [2.75, 3.05) is 30.3 Å². The molecule has 3 N–H and O–H groups in total. The summed E-state index contributed by atoms with van der Waals surface area (Å²) in [6.45, 7) is 2.42. The lowest BCUT2D eigenvalue weighted by atomic mass is 10.0. The summed E-state index contributed by atoms with van der Waals surface area (Å²) in [6.07, 6.45) is 5.30. The number of anilines is 2. The number of aromatic nitrogens is 1. The minimum Gasteiger partial charge on any atom is -0.393 e. The highest BCUT2D eigenvalue weighted by atomic mass is 16.3. The topological polar surface area (TPSA) is 74.7 Å². The van der Waals surface area contributed by atoms with Gasteiger partial charge in [0.25, 0.3) is 0 Å². The molecule has 1 saturated heterocycles. The van der Waals surface area contributed by atoms with Gasteiger partial charge >= 0.3 is 0 Å². The Morgan fingerprint density at radius 3 is 2.74 bits per heavy atom. The number of aliphatic hydroxyl groups is 1. The van der Waals surface area contributed by atoms with Crippen LogP contribution in [0.25, 0.3) is 16.5 Å². The predicted molar refractivity (Wildman–Crippen MR) is 94.9 cm³/mol. The standard InChI is InChI=1S/C18H20N4O/c19-18-10-17(22-7-4-14(23)5-8-22)15-2-1-12(9-16(15)21-18)13-3-6-20-11-13/h1-3,6,9-10,14,23H,4-5,7-8,11H2,(H2,19,21). The average Bonchev–Trinajstić information content (AvgIpc) is 3.09. The minimum absolute atomic E-state index is 0.183. The fraction of sp³-hybridized carbons (Fsp3) is 0.333. The van der Waals surface area contributed by atoms with E-state index in [4.69, 9.17) is 5.73 Å². The van der Waals surface area contributed by atoms with Crippen LogP contribution in [0.4, 0.5) is 11.5 Å². The van der Waals surface area contributed by atoms with Crippen molar-refractivity contribution in [2.45, 2.75) is 18.9 Å². The van der Waals surface area contributed by atoms with Crippen molar-refractivity contribution >= 4 is 34.2 Å². The van der Waals surface area contributed by atoms with Gasteiger partial charge in [-0.05, 0) is 36.1 Å². The molecule has 0 unspecified atom stereocenters. The zero-order chi connectivity index (χ0) is 15.8. The van der Waals surface area contributed by atoms with E-state index in [-0.39, 0.29) is 6.10 Å². The first-order valence-electron chi connectivity index (χ1n) is 8.03. The lowest BCUT2D eigenvalue weighted by molar-refractivity contribution is 0.145. The van der Waals surface area contributed by atoms with Crippen molar-refractivity contribution in [3.8, 4) is 0 Å². The van der Waals surface area contributed by atoms with E-state index in [1.54, 1.807) is 0 Å². The highest BCUT2D eigenvalue weighted by Crippen LogP contribution is 2.32. The molecule has 0 amide bonds. The van der Waals surface area contributed by atoms with Crippen molar-refractivity contribution in [2.24, 2.45) is 4.99 Å². The summed E-state index contributed by atoms with van der Waals surface area (Å²) >= 11 is 0. The summed E-state index contributed by atoms with van der Waals surface area (Å²) in [5.41, 5.74) is 10.4. The maximum atomic E-state index is 9.72. The number of hydrogen-bond donors (Lipinski definition) is 2. The molecule has 1 aromatic heterocycles. The van der Waals surface area contributed by atoms with E-state index in [2.05, 4.69) is 33.1 Å². The van der Waals surface area contributed by atoms with Gasteiger partial charge in [0.1, 0.15) is 5.82 Å². The third-order valence-corrected chi connectivity index (χ3v) is 4.63. The van der Waals surface area contributed by atoms with Gasteiger partial charge in [-0.2, -0.15) is 0 Å². The van der Waals surface area contributed by atoms with E-state index in [1.165, 1.54) is 5.57 Å². The smallest absolute Gasteiger partial charge is 0.126 e. The molecule has 1 aromatic carbocycles. The third kappa shape index (κ3) is 2.68. The molecule has 0 atom stereocenters. The van der Waals surface area contributed by atoms with E-state index in [9.17, 15) is 5.11 Å². The Morgan fingerprint density at radius 2 is 2.00 bits per heavy atom. The molecule has 0 aliphatic carbocycles. The van der Waals surface area contributed by atoms with Crippen LogP contribution in [0.1, 0.15) is 18.4 Å². The van der Waals surface area contributed by atoms with Crippen LogP contribution < -0.4 is 10.6 Å². The zero-order valence-electron chi connectivity index (χ0n) is 12.9. The summed E-state index contributed by atoms with van der Waals surface area (Å²) in [5, 5.41) is 10.8. The first-order valence-corrected chi connectivity index (χ1v) is 8.03. The van der Waals surface area contributed by atoms with Gasteiger partial charge in [0, 0.05) is 36.4 Å². The zero-order valence-corrected chi connectivity index (χ0v) is 12.9. The van der Waals surface area contributed by atoms with E-state index in [0.29, 0.717) is 5.82 Å². The molecule has 0 saturated carbocycles. The van der Waals surface area contributed by atoms with Gasteiger partial charge < -0.3 is 15.7 Å². The van der Waals surface area contributed by atoms with E-state index in [1.807, 2.05) is 18.4 Å². The maximum Gasteiger partial charge on any atom is 0.126 e. The molecule has 1 fully saturated rings. The number of pyridine rings is 1. The summed E-state index contributed by atoms with van der Waals surface area (Å²) in [6, 6.07) is 8.28. The Morgan fingerprint density at radius 1 is 1.17 bits per heavy atom. The van der Waals surface area contributed by atoms with Crippen LogP contribution in [-0.2, 0) is 0 Å². The number of aliphatic imine (C=N–C) groups is 1. The first-order chi connectivity index (χ1) is 11.2. The minimum atomic E-state index is -0.183. The molecule has 3 heterocycles. The van der Waals surface area contributed by atoms with Crippen LogP contribution in [0.2, 0.25) is 0 Å². The number of nitrogen functional groups attached to an aromatic ring is 1. The Kier molecular flexibility index (Phi) is 3.50. The van der Waals surface area contributed by atoms with Crippen molar-refractivity contribution in [1.82, 2.24) is 4.98 Å². The number of nitrogens with two attached hydrogens (primary N) is 1. The molecule has 2 aliphatic heterocycles. The maximum absolute atomic E-state index is 9.72. The molecule has 0 bridgehead atoms. The second-order valence-corrected chi connectivity index (χ2v) is 6.20. The van der Waals surface area contributed by atoms with Gasteiger partial charge in [-0.1, -0.05) is 12.1 Å². The second kappa shape index (κ2) is 5.66. The number of fused-ring (bicyclic) bond motifs is 1. The summed E-state index contributed by atoms with van der Waals surface area (Å²) < 4.78 is 0. The Balaban J connectivity index is 1.76. The van der Waals surface area contributed by atoms with Crippen molar-refractivity contribution < 1.29 is 5.11 Å². The number of rotatable bonds is 2. The number of aliphatic hydroxyl groups excluding tert-OH is 1. The van der Waals surface area contributed by atoms with Gasteiger partial charge in [-0.25, -0.2) is 4.98 Å². The third-order valence-electron chi connectivity index (χ3n) is 4.63. The highest BCUT2D eigenvalue weighted by molar-refractivity contribution is 5.97. The number of piperidine rings is 1. The first kappa shape index (κ1) is 14.2. The highest BCUT2D eigenvalue weighted by Gasteiger charge is 2.20. The average molecular weight is 308 g/mol. The molecule has 2 aliphatic rings. The normalized spacial score (nSPS) is 18.7. The second-order valence-electron chi connectivity index (χ2n) is 6.20. The SMILES string of the molecule is Nc1cc(N2CCC(O)CC2)c2ccc(C3=CC=NC3)cc2n1. The largest absolute Gasteiger partial charge is 0.393 e. The quantitative estimate of drug-likeness (QED) is 0.892. The predicted octanol–water partition coefficient (Wildman–Crippen LogP) is 2.25. The van der Waals surface area contributed by atoms with Crippen molar-refractivity contribution in [3.63, 3.8) is 0 Å². The van der Waals surface area contributed by atoms with Crippen LogP contribution in [0.5, 0.6) is 0 Å². The number of nitrogens with zero attached hydrogens (tertiary/aromatic N) is 3. The van der Waals surface area contributed by atoms with Gasteiger partial charge in [0.2, 0.25) is 0 Å². The molecule has 2 aromatic rings. The van der Waals surface area contributed by atoms with Gasteiger partial charge in [0.05, 0.1) is 18.2 Å². The lowest BCUT2D eigenvalue weighted by Gasteiger charge is -2.32. The molecule has 0 radical (unpaired) electrons. The van der Waals surface area contributed by atoms with E-state index >= 15 is 0 Å². The molecule has 5 nitrogen and oxygen atoms in total.